The fourth-order valence-corrected chi connectivity index (χ4v) is 9.44. The van der Waals surface area contributed by atoms with Gasteiger partial charge in [-0.05, 0) is 152 Å². The maximum atomic E-state index is 13.3. The molecule has 4 nitrogen and oxygen atoms in total. The molecule has 2 heterocycles. The van der Waals surface area contributed by atoms with Crippen molar-refractivity contribution in [2.24, 2.45) is 0 Å². The van der Waals surface area contributed by atoms with E-state index in [-0.39, 0.29) is 10.9 Å². The van der Waals surface area contributed by atoms with E-state index in [9.17, 15) is 9.59 Å². The SMILES string of the molecule is O=c1c2ccccc2n(-c2ccc(-c3ccc4cc(C=Cc5ccc6cc(-c7ccc(-n8c9ccccc9c(=O)c9ccccc98)cc7)ccc6c5)ccc4c3)cc2)c2ccccc12. The van der Waals surface area contributed by atoms with Crippen LogP contribution in [-0.4, -0.2) is 9.13 Å². The summed E-state index contributed by atoms with van der Waals surface area (Å²) in [5.41, 5.74) is 12.6. The molecule has 0 radical (unpaired) electrons. The van der Waals surface area contributed by atoms with E-state index in [0.29, 0.717) is 21.5 Å². The van der Waals surface area contributed by atoms with E-state index in [1.807, 2.05) is 97.1 Å². The Balaban J connectivity index is 0.775. The molecule has 64 heavy (non-hydrogen) atoms. The Morgan fingerprint density at radius 2 is 0.578 bits per heavy atom. The molecule has 0 N–H and O–H groups in total. The molecule has 0 aliphatic carbocycles. The van der Waals surface area contributed by atoms with Crippen LogP contribution in [0.5, 0.6) is 0 Å². The minimum atomic E-state index is 0.0613. The molecule has 12 rings (SSSR count). The van der Waals surface area contributed by atoms with Gasteiger partial charge in [0.15, 0.2) is 10.9 Å². The molecule has 0 bridgehead atoms. The second kappa shape index (κ2) is 15.1. The van der Waals surface area contributed by atoms with Gasteiger partial charge in [-0.25, -0.2) is 0 Å². The van der Waals surface area contributed by atoms with Crippen LogP contribution in [0, 0.1) is 0 Å². The highest BCUT2D eigenvalue weighted by Gasteiger charge is 2.14. The maximum absolute atomic E-state index is 13.3. The van der Waals surface area contributed by atoms with Crippen molar-refractivity contribution in [1.29, 1.82) is 0 Å². The number of hydrogen-bond donors (Lipinski definition) is 0. The summed E-state index contributed by atoms with van der Waals surface area (Å²) in [5, 5.41) is 7.62. The van der Waals surface area contributed by atoms with Gasteiger partial charge in [0.05, 0.1) is 22.1 Å². The monoisotopic (exact) mass is 818 g/mol. The molecule has 0 aliphatic heterocycles. The molecule has 300 valence electrons. The Bertz CT molecular complexity index is 3610. The topological polar surface area (TPSA) is 44.0 Å². The van der Waals surface area contributed by atoms with E-state index in [4.69, 9.17) is 0 Å². The lowest BCUT2D eigenvalue weighted by Gasteiger charge is -2.16. The molecule has 0 saturated carbocycles. The van der Waals surface area contributed by atoms with Crippen LogP contribution in [0.2, 0.25) is 0 Å². The van der Waals surface area contributed by atoms with Crippen molar-refractivity contribution < 1.29 is 0 Å². The molecule has 0 fully saturated rings. The first-order chi connectivity index (χ1) is 31.5. The molecular weight excluding hydrogens is 781 g/mol. The number of aromatic nitrogens is 2. The van der Waals surface area contributed by atoms with Crippen molar-refractivity contribution in [3.63, 3.8) is 0 Å². The molecule has 12 aromatic rings. The number of para-hydroxylation sites is 4. The van der Waals surface area contributed by atoms with Gasteiger partial charge in [-0.2, -0.15) is 0 Å². The van der Waals surface area contributed by atoms with Crippen LogP contribution in [0.15, 0.2) is 228 Å². The van der Waals surface area contributed by atoms with Crippen LogP contribution >= 0.6 is 0 Å². The van der Waals surface area contributed by atoms with Crippen LogP contribution < -0.4 is 10.9 Å². The Kier molecular flexibility index (Phi) is 8.77. The molecule has 0 atom stereocenters. The van der Waals surface area contributed by atoms with Gasteiger partial charge in [-0.15, -0.1) is 0 Å². The zero-order chi connectivity index (χ0) is 42.7. The summed E-state index contributed by atoms with van der Waals surface area (Å²) in [4.78, 5) is 26.6. The second-order valence-corrected chi connectivity index (χ2v) is 16.5. The molecule has 4 heteroatoms. The zero-order valence-corrected chi connectivity index (χ0v) is 34.7. The number of rotatable bonds is 6. The summed E-state index contributed by atoms with van der Waals surface area (Å²) in [5.74, 6) is 0. The van der Waals surface area contributed by atoms with Gasteiger partial charge in [0.25, 0.3) is 0 Å². The molecule has 0 aliphatic rings. The number of nitrogens with zero attached hydrogens (tertiary/aromatic N) is 2. The van der Waals surface area contributed by atoms with Crippen molar-refractivity contribution in [2.45, 2.75) is 0 Å². The first-order valence-electron chi connectivity index (χ1n) is 21.6. The lowest BCUT2D eigenvalue weighted by Crippen LogP contribution is -2.10. The molecule has 0 spiro atoms. The van der Waals surface area contributed by atoms with Crippen LogP contribution in [-0.2, 0) is 0 Å². The van der Waals surface area contributed by atoms with Gasteiger partial charge < -0.3 is 9.13 Å². The molecular formula is C60H38N2O2. The summed E-state index contributed by atoms with van der Waals surface area (Å²) in [6.07, 6.45) is 4.37. The highest BCUT2D eigenvalue weighted by Crippen LogP contribution is 2.32. The standard InChI is InChI=1S/C60H38N2O2/c63-59-51-9-1-5-13-55(51)61(56-14-6-2-10-52(56)59)49-31-27-41(28-32-49)45-25-23-43-35-39(19-21-47(43)37-45)17-18-40-20-22-48-38-46(26-24-44(48)36-40)42-29-33-50(34-30-42)62-57-15-7-3-11-53(57)60(64)54-12-4-8-16-58(54)62/h1-38H. The Hall–Kier alpha value is -8.60. The number of pyridine rings is 2. The third-order valence-corrected chi connectivity index (χ3v) is 12.7. The van der Waals surface area contributed by atoms with Gasteiger partial charge in [-0.3, -0.25) is 9.59 Å². The molecule has 0 amide bonds. The Labute approximate surface area is 368 Å². The van der Waals surface area contributed by atoms with Gasteiger partial charge in [-0.1, -0.05) is 133 Å². The third kappa shape index (κ3) is 6.31. The third-order valence-electron chi connectivity index (χ3n) is 12.7. The molecule has 10 aromatic carbocycles. The fourth-order valence-electron chi connectivity index (χ4n) is 9.44. The average Bonchev–Trinajstić information content (AvgIpc) is 3.36. The molecule has 2 aromatic heterocycles. The number of benzene rings is 10. The summed E-state index contributed by atoms with van der Waals surface area (Å²) in [6.45, 7) is 0. The van der Waals surface area contributed by atoms with Gasteiger partial charge in [0, 0.05) is 32.9 Å². The smallest absolute Gasteiger partial charge is 0.197 e. The first-order valence-corrected chi connectivity index (χ1v) is 21.6. The fraction of sp³-hybridized carbons (Fsp3) is 0. The average molecular weight is 819 g/mol. The van der Waals surface area contributed by atoms with E-state index in [0.717, 1.165) is 66.8 Å². The molecule has 0 saturated heterocycles. The van der Waals surface area contributed by atoms with Crippen LogP contribution in [0.3, 0.4) is 0 Å². The maximum Gasteiger partial charge on any atom is 0.197 e. The summed E-state index contributed by atoms with van der Waals surface area (Å²) >= 11 is 0. The lowest BCUT2D eigenvalue weighted by molar-refractivity contribution is 1.16. The summed E-state index contributed by atoms with van der Waals surface area (Å²) < 4.78 is 4.36. The first kappa shape index (κ1) is 37.2. The highest BCUT2D eigenvalue weighted by molar-refractivity contribution is 5.97. The predicted octanol–water partition coefficient (Wildman–Crippen LogP) is 14.4. The van der Waals surface area contributed by atoms with Gasteiger partial charge in [0.1, 0.15) is 0 Å². The van der Waals surface area contributed by atoms with Gasteiger partial charge >= 0.3 is 0 Å². The van der Waals surface area contributed by atoms with E-state index < -0.39 is 0 Å². The van der Waals surface area contributed by atoms with E-state index in [1.54, 1.807) is 0 Å². The van der Waals surface area contributed by atoms with Crippen LogP contribution in [0.1, 0.15) is 11.1 Å². The Morgan fingerprint density at radius 1 is 0.281 bits per heavy atom. The highest BCUT2D eigenvalue weighted by atomic mass is 16.1. The largest absolute Gasteiger partial charge is 0.309 e. The van der Waals surface area contributed by atoms with Crippen LogP contribution in [0.4, 0.5) is 0 Å². The lowest BCUT2D eigenvalue weighted by atomic mass is 9.98. The van der Waals surface area contributed by atoms with Crippen LogP contribution in [0.25, 0.3) is 111 Å². The van der Waals surface area contributed by atoms with E-state index in [2.05, 4.69) is 143 Å². The minimum Gasteiger partial charge on any atom is -0.309 e. The number of fused-ring (bicyclic) bond motifs is 6. The van der Waals surface area contributed by atoms with Gasteiger partial charge in [0.2, 0.25) is 0 Å². The van der Waals surface area contributed by atoms with Crippen molar-refractivity contribution in [3.05, 3.63) is 250 Å². The zero-order valence-electron chi connectivity index (χ0n) is 34.7. The van der Waals surface area contributed by atoms with E-state index >= 15 is 0 Å². The van der Waals surface area contributed by atoms with Crippen molar-refractivity contribution in [3.8, 4) is 33.6 Å². The Morgan fingerprint density at radius 3 is 0.938 bits per heavy atom. The van der Waals surface area contributed by atoms with Crippen molar-refractivity contribution >= 4 is 77.3 Å². The minimum absolute atomic E-state index is 0.0613. The second-order valence-electron chi connectivity index (χ2n) is 16.5. The quantitative estimate of drug-likeness (QED) is 0.124. The normalized spacial score (nSPS) is 11.8. The van der Waals surface area contributed by atoms with E-state index in [1.165, 1.54) is 21.5 Å². The summed E-state index contributed by atoms with van der Waals surface area (Å²) in [7, 11) is 0. The summed E-state index contributed by atoms with van der Waals surface area (Å²) in [6, 6.07) is 75.1. The number of hydrogen-bond acceptors (Lipinski definition) is 2. The predicted molar refractivity (Wildman–Crippen MR) is 269 cm³/mol. The van der Waals surface area contributed by atoms with Crippen molar-refractivity contribution in [2.75, 3.05) is 0 Å². The van der Waals surface area contributed by atoms with Crippen molar-refractivity contribution in [1.82, 2.24) is 9.13 Å². The molecule has 0 unspecified atom stereocenters.